The number of hydrogen-bond acceptors (Lipinski definition) is 4. The van der Waals surface area contributed by atoms with Gasteiger partial charge in [-0.15, -0.1) is 24.0 Å². The average Bonchev–Trinajstić information content (AvgIpc) is 2.66. The van der Waals surface area contributed by atoms with Gasteiger partial charge in [0.25, 0.3) is 0 Å². The molecule has 1 unspecified atom stereocenters. The van der Waals surface area contributed by atoms with E-state index in [0.717, 1.165) is 36.9 Å². The Hall–Kier alpha value is -1.16. The molecular weight excluding hydrogens is 475 g/mol. The number of nitrogens with zero attached hydrogens (tertiary/aromatic N) is 2. The summed E-state index contributed by atoms with van der Waals surface area (Å²) in [6.45, 7) is 10.2. The quantitative estimate of drug-likeness (QED) is 0.359. The molecule has 27 heavy (non-hydrogen) atoms. The first-order valence-corrected chi connectivity index (χ1v) is 10.2. The van der Waals surface area contributed by atoms with Gasteiger partial charge in [0.2, 0.25) is 0 Å². The number of anilines is 1. The Bertz CT molecular complexity index is 610. The topological polar surface area (TPSA) is 66.0 Å². The first kappa shape index (κ1) is 23.9. The van der Waals surface area contributed by atoms with Crippen molar-refractivity contribution in [3.05, 3.63) is 29.8 Å². The number of hydrogen-bond donors (Lipinski definition) is 2. The van der Waals surface area contributed by atoms with E-state index >= 15 is 0 Å². The Kier molecular flexibility index (Phi) is 10.9. The van der Waals surface area contributed by atoms with Crippen molar-refractivity contribution in [2.75, 3.05) is 37.8 Å². The lowest BCUT2D eigenvalue weighted by Crippen LogP contribution is -2.49. The predicted molar refractivity (Wildman–Crippen MR) is 125 cm³/mol. The smallest absolute Gasteiger partial charge is 0.411 e. The third kappa shape index (κ3) is 7.77. The molecule has 0 aromatic heterocycles. The van der Waals surface area contributed by atoms with Crippen LogP contribution in [0.2, 0.25) is 0 Å². The molecule has 1 amide bonds. The molecule has 1 aromatic rings. The van der Waals surface area contributed by atoms with Crippen molar-refractivity contribution in [1.29, 1.82) is 0 Å². The molecule has 1 atom stereocenters. The minimum Gasteiger partial charge on any atom is -0.453 e. The molecule has 152 valence electrons. The number of nitrogens with one attached hydrogen (secondary N) is 2. The van der Waals surface area contributed by atoms with Crippen LogP contribution < -0.4 is 10.6 Å². The number of thioether (sulfide) groups is 1. The van der Waals surface area contributed by atoms with Crippen LogP contribution in [0, 0.1) is 5.92 Å². The Morgan fingerprint density at radius 3 is 2.67 bits per heavy atom. The fourth-order valence-electron chi connectivity index (χ4n) is 2.73. The van der Waals surface area contributed by atoms with Gasteiger partial charge in [-0.25, -0.2) is 9.79 Å². The van der Waals surface area contributed by atoms with Crippen LogP contribution >= 0.6 is 35.7 Å². The zero-order chi connectivity index (χ0) is 18.9. The third-order valence-electron chi connectivity index (χ3n) is 4.27. The van der Waals surface area contributed by atoms with E-state index in [1.165, 1.54) is 7.11 Å². The van der Waals surface area contributed by atoms with Crippen molar-refractivity contribution in [3.63, 3.8) is 0 Å². The Morgan fingerprint density at radius 2 is 2.07 bits per heavy atom. The lowest BCUT2D eigenvalue weighted by atomic mass is 10.1. The van der Waals surface area contributed by atoms with Gasteiger partial charge in [0, 0.05) is 36.3 Å². The standard InChI is InChI=1S/C19H30N4O2S.HI/c1-5-20-18(23-10-11-26-17(13-23)14(2)3)21-12-15-6-8-16(9-7-15)22-19(24)25-4;/h6-9,14,17H,5,10-13H2,1-4H3,(H,20,21)(H,22,24);1H. The molecule has 6 nitrogen and oxygen atoms in total. The van der Waals surface area contributed by atoms with E-state index in [2.05, 4.69) is 52.8 Å². The third-order valence-corrected chi connectivity index (χ3v) is 5.81. The van der Waals surface area contributed by atoms with Crippen LogP contribution in [0.25, 0.3) is 0 Å². The van der Waals surface area contributed by atoms with Crippen LogP contribution in [0.5, 0.6) is 0 Å². The molecule has 1 aliphatic heterocycles. The number of benzene rings is 1. The number of guanidine groups is 1. The molecule has 2 rings (SSSR count). The minimum atomic E-state index is -0.465. The summed E-state index contributed by atoms with van der Waals surface area (Å²) >= 11 is 2.06. The molecule has 0 radical (unpaired) electrons. The highest BCUT2D eigenvalue weighted by Crippen LogP contribution is 2.25. The van der Waals surface area contributed by atoms with Gasteiger partial charge in [-0.05, 0) is 30.5 Å². The van der Waals surface area contributed by atoms with Gasteiger partial charge >= 0.3 is 6.09 Å². The van der Waals surface area contributed by atoms with Gasteiger partial charge in [0.15, 0.2) is 5.96 Å². The van der Waals surface area contributed by atoms with Gasteiger partial charge in [-0.1, -0.05) is 26.0 Å². The number of carbonyl (C=O) groups is 1. The van der Waals surface area contributed by atoms with Crippen LogP contribution in [0.15, 0.2) is 29.3 Å². The number of carbonyl (C=O) groups excluding carboxylic acids is 1. The van der Waals surface area contributed by atoms with Gasteiger partial charge < -0.3 is 15.0 Å². The molecule has 1 saturated heterocycles. The maximum Gasteiger partial charge on any atom is 0.411 e. The van der Waals surface area contributed by atoms with Gasteiger partial charge in [0.05, 0.1) is 13.7 Å². The van der Waals surface area contributed by atoms with E-state index < -0.39 is 6.09 Å². The molecule has 0 spiro atoms. The zero-order valence-corrected chi connectivity index (χ0v) is 19.7. The summed E-state index contributed by atoms with van der Waals surface area (Å²) in [7, 11) is 1.35. The molecule has 8 heteroatoms. The summed E-state index contributed by atoms with van der Waals surface area (Å²) in [5.41, 5.74) is 1.81. The second kappa shape index (κ2) is 12.3. The lowest BCUT2D eigenvalue weighted by molar-refractivity contribution is 0.187. The number of methoxy groups -OCH3 is 1. The zero-order valence-electron chi connectivity index (χ0n) is 16.5. The van der Waals surface area contributed by atoms with E-state index in [9.17, 15) is 4.79 Å². The summed E-state index contributed by atoms with van der Waals surface area (Å²) in [6.07, 6.45) is -0.465. The molecule has 0 bridgehead atoms. The number of aliphatic imine (C=N–C) groups is 1. The molecule has 1 aliphatic rings. The summed E-state index contributed by atoms with van der Waals surface area (Å²) in [5, 5.41) is 6.72. The fourth-order valence-corrected chi connectivity index (χ4v) is 4.02. The van der Waals surface area contributed by atoms with Crippen molar-refractivity contribution < 1.29 is 9.53 Å². The molecule has 1 fully saturated rings. The van der Waals surface area contributed by atoms with Crippen molar-refractivity contribution >= 4 is 53.5 Å². The number of amides is 1. The van der Waals surface area contributed by atoms with Gasteiger partial charge in [-0.2, -0.15) is 11.8 Å². The van der Waals surface area contributed by atoms with E-state index in [-0.39, 0.29) is 24.0 Å². The molecule has 0 saturated carbocycles. The van der Waals surface area contributed by atoms with E-state index in [0.29, 0.717) is 23.4 Å². The van der Waals surface area contributed by atoms with Crippen LogP contribution in [0.4, 0.5) is 10.5 Å². The fraction of sp³-hybridized carbons (Fsp3) is 0.579. The van der Waals surface area contributed by atoms with Gasteiger partial charge in [-0.3, -0.25) is 5.32 Å². The summed E-state index contributed by atoms with van der Waals surface area (Å²) in [5.74, 6) is 2.79. The highest BCUT2D eigenvalue weighted by atomic mass is 127. The predicted octanol–water partition coefficient (Wildman–Crippen LogP) is 4.02. The maximum atomic E-state index is 11.2. The molecular formula is C19H31IN4O2S. The molecule has 1 aromatic carbocycles. The Morgan fingerprint density at radius 1 is 1.37 bits per heavy atom. The number of halogens is 1. The second-order valence-electron chi connectivity index (χ2n) is 6.58. The molecule has 2 N–H and O–H groups in total. The summed E-state index contributed by atoms with van der Waals surface area (Å²) in [6, 6.07) is 7.67. The molecule has 1 heterocycles. The minimum absolute atomic E-state index is 0. The summed E-state index contributed by atoms with van der Waals surface area (Å²) in [4.78, 5) is 18.4. The molecule has 0 aliphatic carbocycles. The normalized spacial score (nSPS) is 17.3. The van der Waals surface area contributed by atoms with Crippen LogP contribution in [-0.2, 0) is 11.3 Å². The second-order valence-corrected chi connectivity index (χ2v) is 7.93. The SMILES string of the molecule is CCNC(=NCc1ccc(NC(=O)OC)cc1)N1CCSC(C(C)C)C1.I. The number of ether oxygens (including phenoxy) is 1. The maximum absolute atomic E-state index is 11.2. The summed E-state index contributed by atoms with van der Waals surface area (Å²) < 4.78 is 4.60. The van der Waals surface area contributed by atoms with E-state index in [1.54, 1.807) is 0 Å². The van der Waals surface area contributed by atoms with E-state index in [1.807, 2.05) is 24.3 Å². The van der Waals surface area contributed by atoms with Crippen molar-refractivity contribution in [2.24, 2.45) is 10.9 Å². The van der Waals surface area contributed by atoms with Crippen molar-refractivity contribution in [2.45, 2.75) is 32.6 Å². The first-order chi connectivity index (χ1) is 12.5. The van der Waals surface area contributed by atoms with Gasteiger partial charge in [0.1, 0.15) is 0 Å². The van der Waals surface area contributed by atoms with Crippen LogP contribution in [0.1, 0.15) is 26.3 Å². The Balaban J connectivity index is 0.00000364. The van der Waals surface area contributed by atoms with Crippen LogP contribution in [0.3, 0.4) is 0 Å². The highest BCUT2D eigenvalue weighted by molar-refractivity contribution is 14.0. The lowest BCUT2D eigenvalue weighted by Gasteiger charge is -2.36. The Labute approximate surface area is 183 Å². The van der Waals surface area contributed by atoms with E-state index in [4.69, 9.17) is 4.99 Å². The highest BCUT2D eigenvalue weighted by Gasteiger charge is 2.24. The van der Waals surface area contributed by atoms with Crippen molar-refractivity contribution in [3.8, 4) is 0 Å². The average molecular weight is 506 g/mol. The van der Waals surface area contributed by atoms with Crippen LogP contribution in [-0.4, -0.2) is 54.7 Å². The van der Waals surface area contributed by atoms with Crippen molar-refractivity contribution in [1.82, 2.24) is 10.2 Å². The number of rotatable bonds is 5. The largest absolute Gasteiger partial charge is 0.453 e. The first-order valence-electron chi connectivity index (χ1n) is 9.12. The monoisotopic (exact) mass is 506 g/mol.